The Labute approximate surface area is 153 Å². The van der Waals surface area contributed by atoms with Crippen LogP contribution in [0.5, 0.6) is 5.75 Å². The molecule has 1 aromatic carbocycles. The second kappa shape index (κ2) is 7.46. The molecule has 0 saturated carbocycles. The van der Waals surface area contributed by atoms with Crippen molar-refractivity contribution in [3.8, 4) is 5.75 Å². The standard InChI is InChI=1S/C21H24N2O3/c24-20(17-6-2-1-3-7-17)23-12-9-19-21(15-23,10-5-13-25-19)16-26-18-8-4-11-22-14-18/h1-4,6-8,11,14,19H,5,9-10,12-13,15-16H2. The van der Waals surface area contributed by atoms with Crippen molar-refractivity contribution < 1.29 is 14.3 Å². The van der Waals surface area contributed by atoms with Gasteiger partial charge in [-0.3, -0.25) is 9.78 Å². The van der Waals surface area contributed by atoms with Crippen molar-refractivity contribution >= 4 is 5.91 Å². The van der Waals surface area contributed by atoms with Crippen LogP contribution in [0.25, 0.3) is 0 Å². The molecule has 0 spiro atoms. The van der Waals surface area contributed by atoms with Gasteiger partial charge in [-0.15, -0.1) is 0 Å². The van der Waals surface area contributed by atoms with Crippen molar-refractivity contribution in [2.24, 2.45) is 5.41 Å². The van der Waals surface area contributed by atoms with E-state index in [1.54, 1.807) is 12.4 Å². The van der Waals surface area contributed by atoms with Gasteiger partial charge in [-0.05, 0) is 43.5 Å². The third kappa shape index (κ3) is 3.44. The zero-order valence-corrected chi connectivity index (χ0v) is 14.8. The highest BCUT2D eigenvalue weighted by Gasteiger charge is 2.47. The highest BCUT2D eigenvalue weighted by molar-refractivity contribution is 5.94. The van der Waals surface area contributed by atoms with Gasteiger partial charge in [-0.1, -0.05) is 18.2 Å². The van der Waals surface area contributed by atoms with Gasteiger partial charge in [0.1, 0.15) is 5.75 Å². The first kappa shape index (κ1) is 17.0. The summed E-state index contributed by atoms with van der Waals surface area (Å²) in [4.78, 5) is 19.0. The zero-order chi connectivity index (χ0) is 17.8. The number of likely N-dealkylation sites (tertiary alicyclic amines) is 1. The van der Waals surface area contributed by atoms with Crippen molar-refractivity contribution in [3.05, 3.63) is 60.4 Å². The third-order valence-electron chi connectivity index (χ3n) is 5.46. The highest BCUT2D eigenvalue weighted by atomic mass is 16.5. The van der Waals surface area contributed by atoms with Crippen molar-refractivity contribution in [2.75, 3.05) is 26.3 Å². The minimum Gasteiger partial charge on any atom is -0.491 e. The number of benzene rings is 1. The molecule has 3 heterocycles. The van der Waals surface area contributed by atoms with Crippen molar-refractivity contribution in [2.45, 2.75) is 25.4 Å². The Balaban J connectivity index is 1.52. The average molecular weight is 352 g/mol. The van der Waals surface area contributed by atoms with Gasteiger partial charge in [0.2, 0.25) is 0 Å². The molecule has 2 aliphatic rings. The number of carbonyl (C=O) groups is 1. The van der Waals surface area contributed by atoms with E-state index >= 15 is 0 Å². The Hall–Kier alpha value is -2.40. The molecule has 0 radical (unpaired) electrons. The number of piperidine rings is 1. The molecule has 0 aliphatic carbocycles. The molecule has 4 rings (SSSR count). The van der Waals surface area contributed by atoms with Crippen LogP contribution in [-0.2, 0) is 4.74 Å². The van der Waals surface area contributed by atoms with Gasteiger partial charge < -0.3 is 14.4 Å². The summed E-state index contributed by atoms with van der Waals surface area (Å²) in [5.74, 6) is 0.855. The van der Waals surface area contributed by atoms with Crippen LogP contribution < -0.4 is 4.74 Å². The third-order valence-corrected chi connectivity index (χ3v) is 5.46. The van der Waals surface area contributed by atoms with Crippen molar-refractivity contribution in [3.63, 3.8) is 0 Å². The molecule has 0 bridgehead atoms. The molecule has 136 valence electrons. The molecule has 5 nitrogen and oxygen atoms in total. The van der Waals surface area contributed by atoms with E-state index in [0.717, 1.165) is 43.7 Å². The molecule has 0 N–H and O–H groups in total. The van der Waals surface area contributed by atoms with Crippen LogP contribution >= 0.6 is 0 Å². The summed E-state index contributed by atoms with van der Waals surface area (Å²) in [7, 11) is 0. The van der Waals surface area contributed by atoms with Crippen LogP contribution in [-0.4, -0.2) is 48.2 Å². The summed E-state index contributed by atoms with van der Waals surface area (Å²) in [6.07, 6.45) is 6.47. The van der Waals surface area contributed by atoms with Gasteiger partial charge in [0, 0.05) is 36.9 Å². The molecule has 26 heavy (non-hydrogen) atoms. The van der Waals surface area contributed by atoms with E-state index in [-0.39, 0.29) is 17.4 Å². The Kier molecular flexibility index (Phi) is 4.89. The van der Waals surface area contributed by atoms with E-state index in [1.807, 2.05) is 47.4 Å². The first-order valence-corrected chi connectivity index (χ1v) is 9.26. The Morgan fingerprint density at radius 2 is 2.15 bits per heavy atom. The summed E-state index contributed by atoms with van der Waals surface area (Å²) in [5.41, 5.74) is 0.586. The van der Waals surface area contributed by atoms with Crippen LogP contribution in [0.15, 0.2) is 54.9 Å². The van der Waals surface area contributed by atoms with Crippen LogP contribution in [0.3, 0.4) is 0 Å². The second-order valence-corrected chi connectivity index (χ2v) is 7.18. The number of hydrogen-bond donors (Lipinski definition) is 0. The van der Waals surface area contributed by atoms with Crippen LogP contribution in [0.2, 0.25) is 0 Å². The number of nitrogens with zero attached hydrogens (tertiary/aromatic N) is 2. The fraction of sp³-hybridized carbons (Fsp3) is 0.429. The molecule has 2 saturated heterocycles. The van der Waals surface area contributed by atoms with Crippen molar-refractivity contribution in [1.82, 2.24) is 9.88 Å². The maximum atomic E-state index is 12.9. The normalized spacial score (nSPS) is 25.4. The predicted molar refractivity (Wildman–Crippen MR) is 98.1 cm³/mol. The minimum atomic E-state index is -0.156. The number of carbonyl (C=O) groups excluding carboxylic acids is 1. The first-order valence-electron chi connectivity index (χ1n) is 9.26. The number of ether oxygens (including phenoxy) is 2. The maximum Gasteiger partial charge on any atom is 0.253 e. The fourth-order valence-corrected chi connectivity index (χ4v) is 4.10. The quantitative estimate of drug-likeness (QED) is 0.848. The van der Waals surface area contributed by atoms with Crippen LogP contribution in [0.1, 0.15) is 29.6 Å². The molecule has 1 aromatic heterocycles. The summed E-state index contributed by atoms with van der Waals surface area (Å²) < 4.78 is 12.1. The lowest BCUT2D eigenvalue weighted by atomic mass is 9.73. The number of amides is 1. The molecule has 2 unspecified atom stereocenters. The van der Waals surface area contributed by atoms with Gasteiger partial charge in [0.05, 0.1) is 18.9 Å². The molecule has 2 aliphatic heterocycles. The molecule has 2 atom stereocenters. The zero-order valence-electron chi connectivity index (χ0n) is 14.8. The smallest absolute Gasteiger partial charge is 0.253 e. The lowest BCUT2D eigenvalue weighted by Crippen LogP contribution is -2.58. The average Bonchev–Trinajstić information content (AvgIpc) is 2.73. The SMILES string of the molecule is O=C(c1ccccc1)N1CCC2OCCCC2(COc2cccnc2)C1. The molecular weight excluding hydrogens is 328 g/mol. The van der Waals surface area contributed by atoms with Gasteiger partial charge in [0.25, 0.3) is 5.91 Å². The molecule has 5 heteroatoms. The van der Waals surface area contributed by atoms with E-state index in [1.165, 1.54) is 0 Å². The van der Waals surface area contributed by atoms with Gasteiger partial charge in [-0.2, -0.15) is 0 Å². The van der Waals surface area contributed by atoms with E-state index in [9.17, 15) is 4.79 Å². The Morgan fingerprint density at radius 3 is 2.96 bits per heavy atom. The lowest BCUT2D eigenvalue weighted by Gasteiger charge is -2.50. The lowest BCUT2D eigenvalue weighted by molar-refractivity contribution is -0.133. The van der Waals surface area contributed by atoms with E-state index in [2.05, 4.69) is 4.98 Å². The minimum absolute atomic E-state index is 0.0929. The first-order chi connectivity index (χ1) is 12.8. The van der Waals surface area contributed by atoms with E-state index in [4.69, 9.17) is 9.47 Å². The van der Waals surface area contributed by atoms with E-state index in [0.29, 0.717) is 13.2 Å². The molecule has 1 amide bonds. The summed E-state index contributed by atoms with van der Waals surface area (Å²) in [6.45, 7) is 2.74. The second-order valence-electron chi connectivity index (χ2n) is 7.18. The monoisotopic (exact) mass is 352 g/mol. The van der Waals surface area contributed by atoms with Gasteiger partial charge >= 0.3 is 0 Å². The summed E-state index contributed by atoms with van der Waals surface area (Å²) >= 11 is 0. The van der Waals surface area contributed by atoms with Crippen LogP contribution in [0.4, 0.5) is 0 Å². The number of fused-ring (bicyclic) bond motifs is 1. The number of aromatic nitrogens is 1. The summed E-state index contributed by atoms with van der Waals surface area (Å²) in [5, 5.41) is 0. The molecule has 2 fully saturated rings. The fourth-order valence-electron chi connectivity index (χ4n) is 4.10. The Morgan fingerprint density at radius 1 is 1.27 bits per heavy atom. The van der Waals surface area contributed by atoms with Crippen molar-refractivity contribution in [1.29, 1.82) is 0 Å². The summed E-state index contributed by atoms with van der Waals surface area (Å²) in [6, 6.07) is 13.3. The molecule has 2 aromatic rings. The Bertz CT molecular complexity index is 737. The van der Waals surface area contributed by atoms with Crippen LogP contribution in [0, 0.1) is 5.41 Å². The number of hydrogen-bond acceptors (Lipinski definition) is 4. The number of rotatable bonds is 4. The predicted octanol–water partition coefficient (Wildman–Crippen LogP) is 3.17. The van der Waals surface area contributed by atoms with E-state index < -0.39 is 0 Å². The largest absolute Gasteiger partial charge is 0.491 e. The maximum absolute atomic E-state index is 12.9. The number of pyridine rings is 1. The van der Waals surface area contributed by atoms with Gasteiger partial charge in [0.15, 0.2) is 0 Å². The highest BCUT2D eigenvalue weighted by Crippen LogP contribution is 2.41. The molecular formula is C21H24N2O3. The van der Waals surface area contributed by atoms with Gasteiger partial charge in [-0.25, -0.2) is 0 Å². The topological polar surface area (TPSA) is 51.7 Å².